The van der Waals surface area contributed by atoms with Gasteiger partial charge in [-0.25, -0.2) is 4.99 Å². The molecule has 0 radical (unpaired) electrons. The van der Waals surface area contributed by atoms with Crippen molar-refractivity contribution in [3.63, 3.8) is 0 Å². The predicted molar refractivity (Wildman–Crippen MR) is 229 cm³/mol. The topological polar surface area (TPSA) is 48.5 Å². The molecule has 3 nitrogen and oxygen atoms in total. The van der Waals surface area contributed by atoms with E-state index in [9.17, 15) is 5.26 Å². The van der Waals surface area contributed by atoms with Crippen molar-refractivity contribution in [1.29, 1.82) is 5.26 Å². The van der Waals surface area contributed by atoms with Gasteiger partial charge in [0.2, 0.25) is 0 Å². The summed E-state index contributed by atoms with van der Waals surface area (Å²) in [5, 5.41) is 12.0. The van der Waals surface area contributed by atoms with E-state index in [2.05, 4.69) is 170 Å². The summed E-state index contributed by atoms with van der Waals surface area (Å²) in [6.07, 6.45) is 0.694. The van der Waals surface area contributed by atoms with Gasteiger partial charge in [0.25, 0.3) is 0 Å². The van der Waals surface area contributed by atoms with E-state index in [1.165, 1.54) is 59.5 Å². The molecular formula is C52H33N3S. The van der Waals surface area contributed by atoms with Crippen LogP contribution in [-0.2, 0) is 5.41 Å². The summed E-state index contributed by atoms with van der Waals surface area (Å²) in [7, 11) is 0. The molecule has 0 saturated carbocycles. The van der Waals surface area contributed by atoms with Crippen LogP contribution in [0, 0.1) is 11.3 Å². The van der Waals surface area contributed by atoms with Crippen molar-refractivity contribution in [3.8, 4) is 28.3 Å². The lowest BCUT2D eigenvalue weighted by Crippen LogP contribution is -2.32. The smallest absolute Gasteiger partial charge is 0.155 e. The molecule has 2 atom stereocenters. The summed E-state index contributed by atoms with van der Waals surface area (Å²) in [5.41, 5.74) is 14.3. The maximum absolute atomic E-state index is 9.51. The van der Waals surface area contributed by atoms with Crippen LogP contribution in [0.3, 0.4) is 0 Å². The molecule has 11 rings (SSSR count). The highest BCUT2D eigenvalue weighted by Gasteiger charge is 2.50. The molecule has 8 aromatic rings. The normalized spacial score (nSPS) is 17.6. The lowest BCUT2D eigenvalue weighted by molar-refractivity contribution is 0.722. The van der Waals surface area contributed by atoms with Crippen LogP contribution in [0.5, 0.6) is 0 Å². The van der Waals surface area contributed by atoms with Crippen LogP contribution in [0.25, 0.3) is 33.0 Å². The molecule has 0 bridgehead atoms. The van der Waals surface area contributed by atoms with Gasteiger partial charge in [-0.2, -0.15) is 5.26 Å². The van der Waals surface area contributed by atoms with E-state index >= 15 is 0 Å². The van der Waals surface area contributed by atoms with E-state index in [-0.39, 0.29) is 6.04 Å². The van der Waals surface area contributed by atoms with Crippen molar-refractivity contribution < 1.29 is 0 Å². The fourth-order valence-corrected chi connectivity index (χ4v) is 10.3. The number of rotatable bonds is 4. The van der Waals surface area contributed by atoms with Crippen LogP contribution in [0.15, 0.2) is 202 Å². The van der Waals surface area contributed by atoms with E-state index in [1.807, 2.05) is 30.0 Å². The van der Waals surface area contributed by atoms with Gasteiger partial charge in [0.15, 0.2) is 5.84 Å². The first-order valence-electron chi connectivity index (χ1n) is 19.0. The third-order valence-corrected chi connectivity index (χ3v) is 12.9. The summed E-state index contributed by atoms with van der Waals surface area (Å²) in [5.74, 6) is 0.764. The van der Waals surface area contributed by atoms with Crippen molar-refractivity contribution in [2.75, 3.05) is 0 Å². The molecule has 4 heteroatoms. The molecule has 2 aliphatic heterocycles. The third kappa shape index (κ3) is 5.05. The lowest BCUT2D eigenvalue weighted by Gasteiger charge is -2.40. The van der Waals surface area contributed by atoms with Crippen LogP contribution in [-0.4, -0.2) is 11.5 Å². The molecule has 2 heterocycles. The first kappa shape index (κ1) is 32.6. The number of amidine groups is 1. The summed E-state index contributed by atoms with van der Waals surface area (Å²) in [4.78, 5) is 13.2. The van der Waals surface area contributed by atoms with Gasteiger partial charge in [-0.05, 0) is 109 Å². The van der Waals surface area contributed by atoms with Gasteiger partial charge in [-0.3, -0.25) is 4.99 Å². The molecule has 262 valence electrons. The highest BCUT2D eigenvalue weighted by Crippen LogP contribution is 2.62. The van der Waals surface area contributed by atoms with Crippen molar-refractivity contribution in [1.82, 2.24) is 0 Å². The average Bonchev–Trinajstić information content (AvgIpc) is 3.56. The maximum atomic E-state index is 9.51. The molecule has 56 heavy (non-hydrogen) atoms. The van der Waals surface area contributed by atoms with E-state index in [1.54, 1.807) is 0 Å². The standard InChI is InChI=1S/C52H33N3S/c53-32-33-18-20-35(21-19-33)38-25-27-50-46(29-38)52(44-16-8-9-17-49(44)56-50)43-15-7-6-14-41(43)42-26-24-40(30-45(42)52)48-31-47(54-51(55-48)36-11-2-1-3-12-36)39-23-22-34-10-4-5-13-37(34)28-39/h1-30,47H,31H2. The first-order valence-corrected chi connectivity index (χ1v) is 19.9. The zero-order valence-electron chi connectivity index (χ0n) is 30.4. The molecule has 0 fully saturated rings. The van der Waals surface area contributed by atoms with Crippen LogP contribution in [0.1, 0.15) is 57.0 Å². The Balaban J connectivity index is 1.12. The van der Waals surface area contributed by atoms with E-state index in [4.69, 9.17) is 9.98 Å². The first-order chi connectivity index (χ1) is 27.7. The Labute approximate surface area is 330 Å². The van der Waals surface area contributed by atoms with Crippen LogP contribution in [0.4, 0.5) is 0 Å². The second-order valence-corrected chi connectivity index (χ2v) is 15.8. The van der Waals surface area contributed by atoms with Crippen molar-refractivity contribution >= 4 is 34.1 Å². The van der Waals surface area contributed by atoms with Crippen LogP contribution < -0.4 is 0 Å². The van der Waals surface area contributed by atoms with Gasteiger partial charge >= 0.3 is 0 Å². The highest BCUT2D eigenvalue weighted by molar-refractivity contribution is 7.99. The molecule has 1 aliphatic carbocycles. The lowest BCUT2D eigenvalue weighted by atomic mass is 9.66. The fourth-order valence-electron chi connectivity index (χ4n) is 9.09. The minimum atomic E-state index is -0.551. The average molecular weight is 732 g/mol. The van der Waals surface area contributed by atoms with Crippen molar-refractivity contribution in [3.05, 3.63) is 226 Å². The monoisotopic (exact) mass is 731 g/mol. The molecule has 0 amide bonds. The molecular weight excluding hydrogens is 699 g/mol. The Hall–Kier alpha value is -6.80. The van der Waals surface area contributed by atoms with Gasteiger partial charge < -0.3 is 0 Å². The second kappa shape index (κ2) is 12.9. The predicted octanol–water partition coefficient (Wildman–Crippen LogP) is 12.6. The third-order valence-electron chi connectivity index (χ3n) is 11.7. The Morgan fingerprint density at radius 2 is 1.20 bits per heavy atom. The Bertz CT molecular complexity index is 2990. The van der Waals surface area contributed by atoms with Crippen LogP contribution >= 0.6 is 11.8 Å². The number of fused-ring (bicyclic) bond motifs is 10. The van der Waals surface area contributed by atoms with Crippen molar-refractivity contribution in [2.45, 2.75) is 27.7 Å². The van der Waals surface area contributed by atoms with Gasteiger partial charge in [0.1, 0.15) is 0 Å². The molecule has 8 aromatic carbocycles. The highest BCUT2D eigenvalue weighted by atomic mass is 32.2. The maximum Gasteiger partial charge on any atom is 0.155 e. The Kier molecular flexibility index (Phi) is 7.52. The van der Waals surface area contributed by atoms with Gasteiger partial charge in [0.05, 0.1) is 28.8 Å². The van der Waals surface area contributed by atoms with Gasteiger partial charge in [0, 0.05) is 21.8 Å². The molecule has 1 spiro atoms. The molecule has 0 aromatic heterocycles. The zero-order chi connectivity index (χ0) is 37.2. The number of hydrogen-bond acceptors (Lipinski definition) is 4. The van der Waals surface area contributed by atoms with Gasteiger partial charge in [-0.1, -0.05) is 151 Å². The summed E-state index contributed by atoms with van der Waals surface area (Å²) < 4.78 is 0. The number of benzene rings is 8. The zero-order valence-corrected chi connectivity index (χ0v) is 31.2. The number of nitriles is 1. The van der Waals surface area contributed by atoms with Crippen molar-refractivity contribution in [2.24, 2.45) is 9.98 Å². The molecule has 0 saturated heterocycles. The number of nitrogens with zero attached hydrogens (tertiary/aromatic N) is 3. The fraction of sp³-hybridized carbons (Fsp3) is 0.0577. The minimum Gasteiger partial charge on any atom is -0.258 e. The molecule has 0 N–H and O–H groups in total. The summed E-state index contributed by atoms with van der Waals surface area (Å²) >= 11 is 1.85. The number of aliphatic imine (C=N–C) groups is 2. The SMILES string of the molecule is N#Cc1ccc(-c2ccc3c(c2)C2(c4ccccc4S3)c3ccccc3-c3ccc(C4=NC(c5ccccc5)=NC(c5ccc6ccccc6c5)C4)cc32)cc1. The second-order valence-electron chi connectivity index (χ2n) is 14.8. The largest absolute Gasteiger partial charge is 0.258 e. The van der Waals surface area contributed by atoms with E-state index in [0.717, 1.165) is 33.8 Å². The van der Waals surface area contributed by atoms with Gasteiger partial charge in [-0.15, -0.1) is 0 Å². The Morgan fingerprint density at radius 3 is 2.05 bits per heavy atom. The Morgan fingerprint density at radius 1 is 0.518 bits per heavy atom. The number of hydrogen-bond donors (Lipinski definition) is 0. The van der Waals surface area contributed by atoms with E-state index < -0.39 is 5.41 Å². The quantitative estimate of drug-likeness (QED) is 0.181. The minimum absolute atomic E-state index is 0.0794. The molecule has 2 unspecified atom stereocenters. The van der Waals surface area contributed by atoms with E-state index in [0.29, 0.717) is 12.0 Å². The molecule has 3 aliphatic rings. The van der Waals surface area contributed by atoms with Crippen LogP contribution in [0.2, 0.25) is 0 Å². The summed E-state index contributed by atoms with van der Waals surface area (Å²) in [6.45, 7) is 0. The summed E-state index contributed by atoms with van der Waals surface area (Å²) in [6, 6.07) is 67.6.